The Labute approximate surface area is 36.9 Å². The predicted octanol–water partition coefficient (Wildman–Crippen LogP) is 1.13. The van der Waals surface area contributed by atoms with Gasteiger partial charge >= 0.3 is 0 Å². The molecule has 0 unspecified atom stereocenters. The molecule has 1 nitrogen and oxygen atoms in total. The van der Waals surface area contributed by atoms with Gasteiger partial charge in [0.05, 0.1) is 6.26 Å². The maximum Gasteiger partial charge on any atom is 0.221 e. The van der Waals surface area contributed by atoms with Crippen LogP contribution in [0.5, 0.6) is 0 Å². The number of rotatable bonds is 0. The van der Waals surface area contributed by atoms with Crippen molar-refractivity contribution in [2.75, 3.05) is 0 Å². The van der Waals surface area contributed by atoms with Gasteiger partial charge in [0.2, 0.25) is 6.61 Å². The Morgan fingerprint density at radius 1 is 1.33 bits per heavy atom. The lowest BCUT2D eigenvalue weighted by Gasteiger charge is -1.91. The van der Waals surface area contributed by atoms with Gasteiger partial charge < -0.3 is 4.74 Å². The van der Waals surface area contributed by atoms with E-state index in [0.717, 1.165) is 0 Å². The summed E-state index contributed by atoms with van der Waals surface area (Å²) in [5, 5.41) is 0. The van der Waals surface area contributed by atoms with Crippen LogP contribution in [0, 0.1) is 6.61 Å². The molecule has 0 spiro atoms. The first-order valence-corrected chi connectivity index (χ1v) is 1.73. The fraction of sp³-hybridized carbons (Fsp3) is 0. The van der Waals surface area contributed by atoms with Crippen molar-refractivity contribution in [3.63, 3.8) is 0 Å². The molecule has 0 aliphatic carbocycles. The molecule has 30 valence electrons. The average molecular weight is 80.1 g/mol. The van der Waals surface area contributed by atoms with E-state index in [1.165, 1.54) is 0 Å². The quantitative estimate of drug-likeness (QED) is 0.423. The minimum atomic E-state index is 1.57. The van der Waals surface area contributed by atoms with Crippen molar-refractivity contribution in [1.82, 2.24) is 0 Å². The maximum atomic E-state index is 4.55. The lowest BCUT2D eigenvalue weighted by Crippen LogP contribution is -1.74. The van der Waals surface area contributed by atoms with Gasteiger partial charge in [0, 0.05) is 0 Å². The predicted molar refractivity (Wildman–Crippen MR) is 22.6 cm³/mol. The Balaban J connectivity index is 2.46. The van der Waals surface area contributed by atoms with Crippen LogP contribution in [-0.2, 0) is 4.74 Å². The molecule has 1 heteroatoms. The average Bonchev–Trinajstić information content (AvgIpc) is 1.72. The molecule has 0 bridgehead atoms. The Morgan fingerprint density at radius 3 is 2.50 bits per heavy atom. The molecule has 1 rings (SSSR count). The highest BCUT2D eigenvalue weighted by molar-refractivity contribution is 5.07. The van der Waals surface area contributed by atoms with Gasteiger partial charge in [-0.1, -0.05) is 6.08 Å². The Hall–Kier alpha value is -0.720. The van der Waals surface area contributed by atoms with Gasteiger partial charge in [-0.25, -0.2) is 0 Å². The van der Waals surface area contributed by atoms with Crippen LogP contribution in [0.3, 0.4) is 0 Å². The van der Waals surface area contributed by atoms with Crippen LogP contribution in [0.1, 0.15) is 0 Å². The van der Waals surface area contributed by atoms with Gasteiger partial charge in [-0.2, -0.15) is 0 Å². The first-order valence-electron chi connectivity index (χ1n) is 1.73. The minimum absolute atomic E-state index is 1.57. The van der Waals surface area contributed by atoms with Gasteiger partial charge in [-0.15, -0.1) is 0 Å². The van der Waals surface area contributed by atoms with Crippen molar-refractivity contribution in [2.24, 2.45) is 0 Å². The zero-order valence-electron chi connectivity index (χ0n) is 3.22. The van der Waals surface area contributed by atoms with Gasteiger partial charge in [-0.05, 0) is 12.2 Å². The van der Waals surface area contributed by atoms with E-state index >= 15 is 0 Å². The number of allylic oxidation sites excluding steroid dienone is 2. The molecule has 0 fully saturated rings. The van der Waals surface area contributed by atoms with Gasteiger partial charge in [-0.3, -0.25) is 0 Å². The molecular formula is C5H4O. The van der Waals surface area contributed by atoms with E-state index in [4.69, 9.17) is 0 Å². The smallest absolute Gasteiger partial charge is 0.221 e. The zero-order chi connectivity index (χ0) is 4.24. The van der Waals surface area contributed by atoms with Crippen LogP contribution in [0.25, 0.3) is 0 Å². The monoisotopic (exact) mass is 80.0 g/mol. The molecule has 1 aliphatic heterocycles. The number of ether oxygens (including phenoxy) is 1. The van der Waals surface area contributed by atoms with Crippen molar-refractivity contribution >= 4 is 0 Å². The van der Waals surface area contributed by atoms with Gasteiger partial charge in [0.1, 0.15) is 0 Å². The molecule has 0 atom stereocenters. The number of hydrogen-bond donors (Lipinski definition) is 0. The molecule has 0 saturated heterocycles. The summed E-state index contributed by atoms with van der Waals surface area (Å²) in [4.78, 5) is 0. The van der Waals surface area contributed by atoms with Crippen LogP contribution in [-0.4, -0.2) is 0 Å². The summed E-state index contributed by atoms with van der Waals surface area (Å²) in [6.45, 7) is 2.52. The van der Waals surface area contributed by atoms with Crippen molar-refractivity contribution in [3.8, 4) is 0 Å². The summed E-state index contributed by atoms with van der Waals surface area (Å²) >= 11 is 0. The first kappa shape index (κ1) is 3.47. The lowest BCUT2D eigenvalue weighted by molar-refractivity contribution is 0.354. The molecule has 1 heterocycles. The van der Waals surface area contributed by atoms with Crippen molar-refractivity contribution in [1.29, 1.82) is 0 Å². The molecule has 0 aromatic heterocycles. The third-order valence-electron chi connectivity index (χ3n) is 0.490. The summed E-state index contributed by atoms with van der Waals surface area (Å²) < 4.78 is 4.55. The molecule has 0 N–H and O–H groups in total. The highest BCUT2D eigenvalue weighted by atomic mass is 16.5. The first-order chi connectivity index (χ1) is 3.00. The molecule has 1 aliphatic rings. The molecular weight excluding hydrogens is 76.1 g/mol. The summed E-state index contributed by atoms with van der Waals surface area (Å²) in [5.41, 5.74) is 0. The molecule has 0 aromatic carbocycles. The van der Waals surface area contributed by atoms with E-state index in [1.54, 1.807) is 18.4 Å². The van der Waals surface area contributed by atoms with Crippen LogP contribution >= 0.6 is 0 Å². The van der Waals surface area contributed by atoms with Crippen LogP contribution in [0.2, 0.25) is 0 Å². The fourth-order valence-electron chi connectivity index (χ4n) is 0.258. The molecule has 0 aromatic rings. The van der Waals surface area contributed by atoms with Crippen LogP contribution in [0.4, 0.5) is 0 Å². The molecule has 0 saturated carbocycles. The summed E-state index contributed by atoms with van der Waals surface area (Å²) in [7, 11) is 0. The molecule has 2 radical (unpaired) electrons. The molecule has 6 heavy (non-hydrogen) atoms. The Bertz CT molecular complexity index is 69.9. The van der Waals surface area contributed by atoms with E-state index in [9.17, 15) is 0 Å². The van der Waals surface area contributed by atoms with E-state index in [1.807, 2.05) is 6.08 Å². The highest BCUT2D eigenvalue weighted by Gasteiger charge is 1.79. The second-order valence-electron chi connectivity index (χ2n) is 0.923. The van der Waals surface area contributed by atoms with Crippen molar-refractivity contribution in [3.05, 3.63) is 31.1 Å². The third kappa shape index (κ3) is 0.612. The third-order valence-corrected chi connectivity index (χ3v) is 0.490. The standard InChI is InChI=1S/C5H4O/c1-2-4-6-5-3-1/h1-4H. The van der Waals surface area contributed by atoms with Crippen LogP contribution < -0.4 is 0 Å². The normalized spacial score (nSPS) is 17.3. The Morgan fingerprint density at radius 2 is 2.33 bits per heavy atom. The highest BCUT2D eigenvalue weighted by Crippen LogP contribution is 1.92. The lowest BCUT2D eigenvalue weighted by atomic mass is 10.5. The van der Waals surface area contributed by atoms with E-state index in [0.29, 0.717) is 0 Å². The minimum Gasteiger partial charge on any atom is -0.481 e. The second-order valence-corrected chi connectivity index (χ2v) is 0.923. The summed E-state index contributed by atoms with van der Waals surface area (Å²) in [5.74, 6) is 0. The Kier molecular flexibility index (Phi) is 0.955. The second kappa shape index (κ2) is 1.65. The van der Waals surface area contributed by atoms with Crippen molar-refractivity contribution < 1.29 is 4.74 Å². The SMILES string of the molecule is [C]1C=CC=CO1. The fourth-order valence-corrected chi connectivity index (χ4v) is 0.258. The zero-order valence-corrected chi connectivity index (χ0v) is 3.22. The van der Waals surface area contributed by atoms with Gasteiger partial charge in [0.25, 0.3) is 0 Å². The maximum absolute atomic E-state index is 4.55. The van der Waals surface area contributed by atoms with E-state index in [2.05, 4.69) is 11.3 Å². The van der Waals surface area contributed by atoms with E-state index < -0.39 is 0 Å². The van der Waals surface area contributed by atoms with Gasteiger partial charge in [0.15, 0.2) is 0 Å². The van der Waals surface area contributed by atoms with Crippen LogP contribution in [0.15, 0.2) is 24.5 Å². The molecule has 0 amide bonds. The topological polar surface area (TPSA) is 9.23 Å². The summed E-state index contributed by atoms with van der Waals surface area (Å²) in [6.07, 6.45) is 6.93. The van der Waals surface area contributed by atoms with E-state index in [-0.39, 0.29) is 0 Å². The number of hydrogen-bond acceptors (Lipinski definition) is 1. The largest absolute Gasteiger partial charge is 0.481 e. The van der Waals surface area contributed by atoms with Crippen molar-refractivity contribution in [2.45, 2.75) is 0 Å². The summed E-state index contributed by atoms with van der Waals surface area (Å²) in [6, 6.07) is 0.